The van der Waals surface area contributed by atoms with Crippen LogP contribution >= 0.6 is 0 Å². The lowest BCUT2D eigenvalue weighted by atomic mass is 9.94. The normalized spacial score (nSPS) is 17.9. The zero-order valence-electron chi connectivity index (χ0n) is 12.6. The van der Waals surface area contributed by atoms with Crippen LogP contribution in [0.3, 0.4) is 0 Å². The standard InChI is InChI=1S/C16H26N2O2/c1-3-17-12-14-4-6-15(7-5-14)18(2)13-16(19)8-10-20-11-9-16/h4-7,17,19H,3,8-13H2,1-2H3. The molecule has 1 heterocycles. The monoisotopic (exact) mass is 278 g/mol. The molecule has 4 nitrogen and oxygen atoms in total. The third-order valence-corrected chi connectivity index (χ3v) is 3.91. The number of hydrogen-bond donors (Lipinski definition) is 2. The Labute approximate surface area is 121 Å². The maximum Gasteiger partial charge on any atom is 0.0865 e. The van der Waals surface area contributed by atoms with Gasteiger partial charge in [-0.15, -0.1) is 0 Å². The van der Waals surface area contributed by atoms with E-state index in [1.54, 1.807) is 0 Å². The van der Waals surface area contributed by atoms with E-state index >= 15 is 0 Å². The van der Waals surface area contributed by atoms with Crippen LogP contribution in [0.25, 0.3) is 0 Å². The van der Waals surface area contributed by atoms with E-state index in [-0.39, 0.29) is 0 Å². The number of anilines is 1. The van der Waals surface area contributed by atoms with Gasteiger partial charge < -0.3 is 20.1 Å². The van der Waals surface area contributed by atoms with Gasteiger partial charge in [-0.05, 0) is 24.2 Å². The molecule has 2 N–H and O–H groups in total. The van der Waals surface area contributed by atoms with Crippen LogP contribution in [-0.2, 0) is 11.3 Å². The lowest BCUT2D eigenvalue weighted by molar-refractivity contribution is -0.0572. The first-order chi connectivity index (χ1) is 9.63. The largest absolute Gasteiger partial charge is 0.388 e. The van der Waals surface area contributed by atoms with Crippen LogP contribution in [0.5, 0.6) is 0 Å². The van der Waals surface area contributed by atoms with E-state index < -0.39 is 5.60 Å². The Kier molecular flexibility index (Phi) is 5.40. The number of nitrogens with one attached hydrogen (secondary N) is 1. The summed E-state index contributed by atoms with van der Waals surface area (Å²) in [5, 5.41) is 13.9. The minimum absolute atomic E-state index is 0.616. The number of rotatable bonds is 6. The van der Waals surface area contributed by atoms with Gasteiger partial charge in [-0.3, -0.25) is 0 Å². The topological polar surface area (TPSA) is 44.7 Å². The minimum atomic E-state index is -0.616. The predicted molar refractivity (Wildman–Crippen MR) is 82.1 cm³/mol. The SMILES string of the molecule is CCNCc1ccc(N(C)CC2(O)CCOCC2)cc1. The molecule has 1 saturated heterocycles. The van der Waals surface area contributed by atoms with E-state index in [1.807, 2.05) is 7.05 Å². The molecular formula is C16H26N2O2. The molecule has 20 heavy (non-hydrogen) atoms. The summed E-state index contributed by atoms with van der Waals surface area (Å²) < 4.78 is 5.32. The van der Waals surface area contributed by atoms with Gasteiger partial charge in [-0.25, -0.2) is 0 Å². The molecule has 112 valence electrons. The predicted octanol–water partition coefficient (Wildman–Crippen LogP) is 1.77. The Bertz CT molecular complexity index is 399. The maximum atomic E-state index is 10.5. The Morgan fingerprint density at radius 3 is 2.50 bits per heavy atom. The lowest BCUT2D eigenvalue weighted by Gasteiger charge is -2.36. The molecule has 1 aromatic carbocycles. The van der Waals surface area contributed by atoms with Gasteiger partial charge in [0.25, 0.3) is 0 Å². The zero-order valence-corrected chi connectivity index (χ0v) is 12.6. The first kappa shape index (κ1) is 15.3. The van der Waals surface area contributed by atoms with Crippen molar-refractivity contribution in [3.8, 4) is 0 Å². The quantitative estimate of drug-likeness (QED) is 0.832. The molecule has 0 aliphatic carbocycles. The molecule has 0 amide bonds. The molecule has 0 spiro atoms. The van der Waals surface area contributed by atoms with Crippen molar-refractivity contribution in [2.75, 3.05) is 38.3 Å². The number of hydrogen-bond acceptors (Lipinski definition) is 4. The highest BCUT2D eigenvalue weighted by Gasteiger charge is 2.31. The van der Waals surface area contributed by atoms with E-state index in [0.717, 1.165) is 31.6 Å². The van der Waals surface area contributed by atoms with Crippen LogP contribution in [0.2, 0.25) is 0 Å². The fourth-order valence-corrected chi connectivity index (χ4v) is 2.58. The molecule has 2 rings (SSSR count). The van der Waals surface area contributed by atoms with E-state index in [1.165, 1.54) is 5.56 Å². The summed E-state index contributed by atoms with van der Waals surface area (Å²) in [5.41, 5.74) is 1.81. The van der Waals surface area contributed by atoms with Gasteiger partial charge in [0.05, 0.1) is 5.60 Å². The van der Waals surface area contributed by atoms with Gasteiger partial charge in [0.1, 0.15) is 0 Å². The summed E-state index contributed by atoms with van der Waals surface area (Å²) >= 11 is 0. The summed E-state index contributed by atoms with van der Waals surface area (Å²) in [6.45, 7) is 5.97. The van der Waals surface area contributed by atoms with E-state index in [0.29, 0.717) is 19.8 Å². The van der Waals surface area contributed by atoms with Crippen molar-refractivity contribution in [1.82, 2.24) is 5.32 Å². The molecule has 0 atom stereocenters. The second-order valence-corrected chi connectivity index (χ2v) is 5.64. The van der Waals surface area contributed by atoms with Gasteiger partial charge in [0, 0.05) is 51.9 Å². The summed E-state index contributed by atoms with van der Waals surface area (Å²) in [4.78, 5) is 2.13. The van der Waals surface area contributed by atoms with Crippen LogP contribution in [0.4, 0.5) is 5.69 Å². The highest BCUT2D eigenvalue weighted by atomic mass is 16.5. The van der Waals surface area contributed by atoms with Crippen molar-refractivity contribution in [1.29, 1.82) is 0 Å². The summed E-state index contributed by atoms with van der Waals surface area (Å²) in [5.74, 6) is 0. The van der Waals surface area contributed by atoms with Gasteiger partial charge in [0.15, 0.2) is 0 Å². The molecule has 0 aromatic heterocycles. The van der Waals surface area contributed by atoms with Crippen LogP contribution in [0, 0.1) is 0 Å². The highest BCUT2D eigenvalue weighted by molar-refractivity contribution is 5.47. The number of aliphatic hydroxyl groups is 1. The molecule has 4 heteroatoms. The van der Waals surface area contributed by atoms with Gasteiger partial charge in [-0.2, -0.15) is 0 Å². The average Bonchev–Trinajstić information content (AvgIpc) is 2.46. The fourth-order valence-electron chi connectivity index (χ4n) is 2.58. The van der Waals surface area contributed by atoms with E-state index in [9.17, 15) is 5.11 Å². The van der Waals surface area contributed by atoms with Gasteiger partial charge >= 0.3 is 0 Å². The average molecular weight is 278 g/mol. The fraction of sp³-hybridized carbons (Fsp3) is 0.625. The van der Waals surface area contributed by atoms with Gasteiger partial charge in [0.2, 0.25) is 0 Å². The van der Waals surface area contributed by atoms with Crippen molar-refractivity contribution in [2.45, 2.75) is 31.9 Å². The molecule has 1 aliphatic rings. The number of nitrogens with zero attached hydrogens (tertiary/aromatic N) is 1. The van der Waals surface area contributed by atoms with Crippen LogP contribution < -0.4 is 10.2 Å². The molecule has 1 fully saturated rings. The first-order valence-corrected chi connectivity index (χ1v) is 7.44. The maximum absolute atomic E-state index is 10.5. The number of ether oxygens (including phenoxy) is 1. The second-order valence-electron chi connectivity index (χ2n) is 5.64. The third kappa shape index (κ3) is 4.20. The summed E-state index contributed by atoms with van der Waals surface area (Å²) in [6.07, 6.45) is 1.44. The Morgan fingerprint density at radius 2 is 1.90 bits per heavy atom. The Morgan fingerprint density at radius 1 is 1.25 bits per heavy atom. The highest BCUT2D eigenvalue weighted by Crippen LogP contribution is 2.24. The lowest BCUT2D eigenvalue weighted by Crippen LogP contribution is -2.45. The molecule has 0 bridgehead atoms. The van der Waals surface area contributed by atoms with Crippen molar-refractivity contribution in [3.63, 3.8) is 0 Å². The zero-order chi connectivity index (χ0) is 14.4. The van der Waals surface area contributed by atoms with Gasteiger partial charge in [-0.1, -0.05) is 19.1 Å². The summed E-state index contributed by atoms with van der Waals surface area (Å²) in [6, 6.07) is 8.52. The van der Waals surface area contributed by atoms with Crippen molar-refractivity contribution < 1.29 is 9.84 Å². The van der Waals surface area contributed by atoms with Crippen molar-refractivity contribution >= 4 is 5.69 Å². The second kappa shape index (κ2) is 7.07. The third-order valence-electron chi connectivity index (χ3n) is 3.91. The van der Waals surface area contributed by atoms with Crippen LogP contribution in [-0.4, -0.2) is 44.1 Å². The molecule has 1 aromatic rings. The van der Waals surface area contributed by atoms with E-state index in [4.69, 9.17) is 4.74 Å². The molecular weight excluding hydrogens is 252 g/mol. The Hall–Kier alpha value is -1.10. The van der Waals surface area contributed by atoms with Crippen LogP contribution in [0.15, 0.2) is 24.3 Å². The van der Waals surface area contributed by atoms with Crippen LogP contribution in [0.1, 0.15) is 25.3 Å². The molecule has 0 radical (unpaired) electrons. The van der Waals surface area contributed by atoms with Crippen molar-refractivity contribution in [3.05, 3.63) is 29.8 Å². The smallest absolute Gasteiger partial charge is 0.0865 e. The van der Waals surface area contributed by atoms with Crippen molar-refractivity contribution in [2.24, 2.45) is 0 Å². The number of benzene rings is 1. The summed E-state index contributed by atoms with van der Waals surface area (Å²) in [7, 11) is 2.03. The first-order valence-electron chi connectivity index (χ1n) is 7.44. The molecule has 0 unspecified atom stereocenters. The molecule has 0 saturated carbocycles. The molecule has 1 aliphatic heterocycles. The Balaban J connectivity index is 1.92. The minimum Gasteiger partial charge on any atom is -0.388 e. The number of likely N-dealkylation sites (N-methyl/N-ethyl adjacent to an activating group) is 1. The van der Waals surface area contributed by atoms with E-state index in [2.05, 4.69) is 41.4 Å².